The van der Waals surface area contributed by atoms with E-state index in [0.717, 1.165) is 51.4 Å². The summed E-state index contributed by atoms with van der Waals surface area (Å²) in [6.07, 6.45) is 7.67. The van der Waals surface area contributed by atoms with Gasteiger partial charge in [-0.25, -0.2) is 0 Å². The molecule has 5 heteroatoms. The molecule has 0 radical (unpaired) electrons. The quantitative estimate of drug-likeness (QED) is 0.661. The molecule has 0 N–H and O–H groups in total. The van der Waals surface area contributed by atoms with E-state index in [0.29, 0.717) is 12.6 Å². The molecule has 1 aromatic rings. The van der Waals surface area contributed by atoms with E-state index in [1.54, 1.807) is 0 Å². The van der Waals surface area contributed by atoms with Gasteiger partial charge in [0.25, 0.3) is 0 Å². The number of aromatic nitrogens is 2. The van der Waals surface area contributed by atoms with Crippen LogP contribution in [0, 0.1) is 6.92 Å². The van der Waals surface area contributed by atoms with Crippen molar-refractivity contribution in [2.75, 3.05) is 39.3 Å². The van der Waals surface area contributed by atoms with Crippen molar-refractivity contribution >= 4 is 0 Å². The summed E-state index contributed by atoms with van der Waals surface area (Å²) in [5, 5.41) is 4.82. The molecule has 2 fully saturated rings. The summed E-state index contributed by atoms with van der Waals surface area (Å²) in [6.45, 7) is 15.3. The number of hydrogen-bond donors (Lipinski definition) is 0. The van der Waals surface area contributed by atoms with Crippen LogP contribution in [-0.4, -0.2) is 58.9 Å². The molecule has 2 heterocycles. The maximum Gasteiger partial charge on any atom is 0.0907 e. The molecular weight excluding hydrogens is 324 g/mol. The highest BCUT2D eigenvalue weighted by atomic mass is 16.5. The van der Waals surface area contributed by atoms with Crippen LogP contribution >= 0.6 is 0 Å². The minimum atomic E-state index is 0.603. The number of ether oxygens (including phenoxy) is 1. The van der Waals surface area contributed by atoms with Gasteiger partial charge >= 0.3 is 0 Å². The zero-order valence-electron chi connectivity index (χ0n) is 16.8. The van der Waals surface area contributed by atoms with Gasteiger partial charge in [0.2, 0.25) is 0 Å². The molecule has 26 heavy (non-hydrogen) atoms. The number of aryl methyl sites for hydroxylation is 1. The van der Waals surface area contributed by atoms with E-state index in [-0.39, 0.29) is 0 Å². The van der Waals surface area contributed by atoms with Gasteiger partial charge in [-0.15, -0.1) is 0 Å². The van der Waals surface area contributed by atoms with E-state index in [4.69, 9.17) is 9.84 Å². The third kappa shape index (κ3) is 5.10. The van der Waals surface area contributed by atoms with Crippen molar-refractivity contribution in [2.45, 2.75) is 65.0 Å². The van der Waals surface area contributed by atoms with Crippen molar-refractivity contribution < 1.29 is 4.74 Å². The van der Waals surface area contributed by atoms with Crippen molar-refractivity contribution in [1.29, 1.82) is 0 Å². The van der Waals surface area contributed by atoms with Crippen LogP contribution in [0.25, 0.3) is 0 Å². The third-order valence-electron chi connectivity index (χ3n) is 5.92. The highest BCUT2D eigenvalue weighted by Crippen LogP contribution is 2.28. The molecule has 0 amide bonds. The molecule has 146 valence electrons. The number of hydrogen-bond acceptors (Lipinski definition) is 4. The van der Waals surface area contributed by atoms with Crippen LogP contribution in [0.1, 0.15) is 62.9 Å². The van der Waals surface area contributed by atoms with Gasteiger partial charge in [-0.2, -0.15) is 5.10 Å². The third-order valence-corrected chi connectivity index (χ3v) is 5.92. The van der Waals surface area contributed by atoms with Crippen LogP contribution in [0.4, 0.5) is 0 Å². The summed E-state index contributed by atoms with van der Waals surface area (Å²) in [5.41, 5.74) is 3.63. The first kappa shape index (κ1) is 19.4. The van der Waals surface area contributed by atoms with E-state index in [1.165, 1.54) is 43.5 Å². The SMILES string of the molecule is C=C(CC)N1CCN(CCOCc2cc(C)n(C3CCCCC3)n2)CC1. The molecule has 1 aliphatic heterocycles. The zero-order valence-corrected chi connectivity index (χ0v) is 16.8. The van der Waals surface area contributed by atoms with Crippen molar-refractivity contribution in [1.82, 2.24) is 19.6 Å². The second-order valence-corrected chi connectivity index (χ2v) is 7.81. The van der Waals surface area contributed by atoms with E-state index in [9.17, 15) is 0 Å². The van der Waals surface area contributed by atoms with E-state index in [1.807, 2.05) is 0 Å². The summed E-state index contributed by atoms with van der Waals surface area (Å²) in [5.74, 6) is 0. The van der Waals surface area contributed by atoms with Gasteiger partial charge in [-0.05, 0) is 32.3 Å². The fourth-order valence-electron chi connectivity index (χ4n) is 4.20. The molecule has 0 atom stereocenters. The number of allylic oxidation sites excluding steroid dienone is 1. The Kier molecular flexibility index (Phi) is 7.15. The van der Waals surface area contributed by atoms with Crippen LogP contribution in [0.15, 0.2) is 18.3 Å². The Morgan fingerprint density at radius 2 is 1.92 bits per heavy atom. The van der Waals surface area contributed by atoms with E-state index < -0.39 is 0 Å². The van der Waals surface area contributed by atoms with Crippen molar-refractivity contribution in [2.24, 2.45) is 0 Å². The number of nitrogens with zero attached hydrogens (tertiary/aromatic N) is 4. The topological polar surface area (TPSA) is 33.5 Å². The van der Waals surface area contributed by atoms with Crippen LogP contribution in [0.5, 0.6) is 0 Å². The first-order chi connectivity index (χ1) is 12.7. The summed E-state index contributed by atoms with van der Waals surface area (Å²) >= 11 is 0. The number of piperazine rings is 1. The predicted molar refractivity (Wildman–Crippen MR) is 106 cm³/mol. The second kappa shape index (κ2) is 9.56. The van der Waals surface area contributed by atoms with Crippen LogP contribution in [0.2, 0.25) is 0 Å². The van der Waals surface area contributed by atoms with Gasteiger partial charge in [0.1, 0.15) is 0 Å². The molecule has 3 rings (SSSR count). The van der Waals surface area contributed by atoms with Crippen molar-refractivity contribution in [3.8, 4) is 0 Å². The molecule has 5 nitrogen and oxygen atoms in total. The van der Waals surface area contributed by atoms with Gasteiger partial charge in [-0.1, -0.05) is 32.8 Å². The fraction of sp³-hybridized carbons (Fsp3) is 0.762. The Labute approximate surface area is 159 Å². The Hall–Kier alpha value is -1.33. The zero-order chi connectivity index (χ0) is 18.4. The van der Waals surface area contributed by atoms with Gasteiger partial charge in [0, 0.05) is 44.1 Å². The van der Waals surface area contributed by atoms with Crippen LogP contribution in [0.3, 0.4) is 0 Å². The maximum atomic E-state index is 5.92. The highest BCUT2D eigenvalue weighted by Gasteiger charge is 2.19. The Morgan fingerprint density at radius 1 is 1.19 bits per heavy atom. The maximum absolute atomic E-state index is 5.92. The molecule has 1 saturated carbocycles. The van der Waals surface area contributed by atoms with Crippen LogP contribution < -0.4 is 0 Å². The average Bonchev–Trinajstić information content (AvgIpc) is 3.06. The lowest BCUT2D eigenvalue weighted by Crippen LogP contribution is -2.46. The molecule has 0 unspecified atom stereocenters. The highest BCUT2D eigenvalue weighted by molar-refractivity contribution is 5.09. The molecule has 0 aromatic carbocycles. The van der Waals surface area contributed by atoms with Gasteiger partial charge < -0.3 is 9.64 Å². The fourth-order valence-corrected chi connectivity index (χ4v) is 4.20. The average molecular weight is 361 g/mol. The smallest absolute Gasteiger partial charge is 0.0907 e. The van der Waals surface area contributed by atoms with Gasteiger partial charge in [-0.3, -0.25) is 9.58 Å². The lowest BCUT2D eigenvalue weighted by atomic mass is 9.95. The lowest BCUT2D eigenvalue weighted by molar-refractivity contribution is 0.0729. The molecule has 1 aromatic heterocycles. The standard InChI is InChI=1S/C21H36N4O/c1-4-18(2)24-12-10-23(11-13-24)14-15-26-17-20-16-19(3)25(22-20)21-8-6-5-7-9-21/h16,21H,2,4-15,17H2,1,3H3. The Morgan fingerprint density at radius 3 is 2.62 bits per heavy atom. The molecule has 1 aliphatic carbocycles. The molecule has 0 bridgehead atoms. The molecule has 1 saturated heterocycles. The van der Waals surface area contributed by atoms with Crippen LogP contribution in [-0.2, 0) is 11.3 Å². The number of rotatable bonds is 8. The summed E-state index contributed by atoms with van der Waals surface area (Å²) in [6, 6.07) is 2.80. The molecule has 0 spiro atoms. The second-order valence-electron chi connectivity index (χ2n) is 7.81. The molecular formula is C21H36N4O. The summed E-state index contributed by atoms with van der Waals surface area (Å²) in [4.78, 5) is 4.91. The minimum absolute atomic E-state index is 0.603. The largest absolute Gasteiger partial charge is 0.374 e. The monoisotopic (exact) mass is 360 g/mol. The van der Waals surface area contributed by atoms with Crippen molar-refractivity contribution in [3.63, 3.8) is 0 Å². The summed E-state index contributed by atoms with van der Waals surface area (Å²) < 4.78 is 8.17. The summed E-state index contributed by atoms with van der Waals surface area (Å²) in [7, 11) is 0. The normalized spacial score (nSPS) is 19.8. The minimum Gasteiger partial charge on any atom is -0.374 e. The Balaban J connectivity index is 1.36. The molecule has 2 aliphatic rings. The lowest BCUT2D eigenvalue weighted by Gasteiger charge is -2.36. The van der Waals surface area contributed by atoms with E-state index >= 15 is 0 Å². The van der Waals surface area contributed by atoms with E-state index in [2.05, 4.69) is 41.0 Å². The van der Waals surface area contributed by atoms with Crippen molar-refractivity contribution in [3.05, 3.63) is 29.7 Å². The first-order valence-electron chi connectivity index (χ1n) is 10.4. The van der Waals surface area contributed by atoms with Gasteiger partial charge in [0.15, 0.2) is 0 Å². The first-order valence-corrected chi connectivity index (χ1v) is 10.4. The van der Waals surface area contributed by atoms with Gasteiger partial charge in [0.05, 0.1) is 24.9 Å². The predicted octanol–water partition coefficient (Wildman–Crippen LogP) is 3.75. The Bertz CT molecular complexity index is 569.